The van der Waals surface area contributed by atoms with Gasteiger partial charge in [0.15, 0.2) is 0 Å². The fraction of sp³-hybridized carbons (Fsp3) is 0.700. The summed E-state index contributed by atoms with van der Waals surface area (Å²) in [7, 11) is 0. The zero-order valence-corrected chi connectivity index (χ0v) is 8.57. The molecule has 1 atom stereocenters. The van der Waals surface area contributed by atoms with Gasteiger partial charge in [0.2, 0.25) is 5.91 Å². The number of likely N-dealkylation sites (tertiary alicyclic amines) is 1. The van der Waals surface area contributed by atoms with Gasteiger partial charge in [0.25, 0.3) is 0 Å². The van der Waals surface area contributed by atoms with Crippen molar-refractivity contribution in [3.63, 3.8) is 0 Å². The summed E-state index contributed by atoms with van der Waals surface area (Å²) in [5, 5.41) is 19.7. The van der Waals surface area contributed by atoms with Crippen LogP contribution >= 0.6 is 0 Å². The van der Waals surface area contributed by atoms with Crippen molar-refractivity contribution < 1.29 is 4.79 Å². The Balaban J connectivity index is 2.26. The molecular weight excluding hydrogens is 192 g/mol. The van der Waals surface area contributed by atoms with Crippen molar-refractivity contribution in [2.24, 2.45) is 0 Å². The third-order valence-corrected chi connectivity index (χ3v) is 2.42. The molecule has 1 saturated heterocycles. The zero-order valence-electron chi connectivity index (χ0n) is 8.57. The van der Waals surface area contributed by atoms with E-state index in [2.05, 4.69) is 11.4 Å². The average Bonchev–Trinajstić information content (AvgIpc) is 2.65. The van der Waals surface area contributed by atoms with Crippen LogP contribution in [0.3, 0.4) is 0 Å². The van der Waals surface area contributed by atoms with Gasteiger partial charge in [0, 0.05) is 13.1 Å². The Morgan fingerprint density at radius 2 is 2.33 bits per heavy atom. The average molecular weight is 206 g/mol. The Labute approximate surface area is 89.3 Å². The van der Waals surface area contributed by atoms with Gasteiger partial charge in [-0.3, -0.25) is 9.69 Å². The minimum atomic E-state index is -0.119. The summed E-state index contributed by atoms with van der Waals surface area (Å²) in [4.78, 5) is 13.2. The summed E-state index contributed by atoms with van der Waals surface area (Å²) in [6.45, 7) is 1.47. The smallest absolute Gasteiger partial charge is 0.234 e. The molecule has 5 nitrogen and oxygen atoms in total. The van der Waals surface area contributed by atoms with Gasteiger partial charge >= 0.3 is 0 Å². The highest BCUT2D eigenvalue weighted by Crippen LogP contribution is 2.15. The maximum absolute atomic E-state index is 11.4. The quantitative estimate of drug-likeness (QED) is 0.657. The molecule has 1 rings (SSSR count). The van der Waals surface area contributed by atoms with Gasteiger partial charge in [-0.25, -0.2) is 0 Å². The molecule has 5 heteroatoms. The van der Waals surface area contributed by atoms with Gasteiger partial charge in [-0.15, -0.1) is 0 Å². The lowest BCUT2D eigenvalue weighted by Crippen LogP contribution is -2.39. The van der Waals surface area contributed by atoms with Crippen LogP contribution in [-0.4, -0.2) is 36.5 Å². The molecule has 0 aliphatic carbocycles. The van der Waals surface area contributed by atoms with Crippen molar-refractivity contribution in [2.45, 2.75) is 25.3 Å². The van der Waals surface area contributed by atoms with Crippen LogP contribution < -0.4 is 5.32 Å². The van der Waals surface area contributed by atoms with Gasteiger partial charge in [-0.05, 0) is 12.8 Å². The molecule has 1 heterocycles. The first kappa shape index (κ1) is 11.5. The highest BCUT2D eigenvalue weighted by molar-refractivity contribution is 5.78. The molecule has 0 aromatic carbocycles. The van der Waals surface area contributed by atoms with Gasteiger partial charge in [-0.2, -0.15) is 10.5 Å². The number of carbonyl (C=O) groups is 1. The molecule has 0 bridgehead atoms. The van der Waals surface area contributed by atoms with E-state index in [4.69, 9.17) is 10.5 Å². The third kappa shape index (κ3) is 3.57. The lowest BCUT2D eigenvalue weighted by Gasteiger charge is -2.17. The van der Waals surface area contributed by atoms with Gasteiger partial charge in [0.05, 0.1) is 31.1 Å². The normalized spacial score (nSPS) is 20.5. The molecule has 0 aromatic rings. The second-order valence-electron chi connectivity index (χ2n) is 3.52. The number of carbonyl (C=O) groups excluding carboxylic acids is 1. The summed E-state index contributed by atoms with van der Waals surface area (Å²) in [6, 6.07) is 4.02. The standard InChI is InChI=1S/C10H14N4O/c11-4-2-5-13-10(15)8-14-6-1-3-9(14)7-12/h9H,1-3,5-6,8H2,(H,13,15). The fourth-order valence-electron chi connectivity index (χ4n) is 1.66. The monoisotopic (exact) mass is 206 g/mol. The van der Waals surface area contributed by atoms with Gasteiger partial charge < -0.3 is 5.32 Å². The molecule has 1 aliphatic rings. The largest absolute Gasteiger partial charge is 0.354 e. The summed E-state index contributed by atoms with van der Waals surface area (Å²) in [5.74, 6) is -0.104. The van der Waals surface area contributed by atoms with Crippen LogP contribution in [0.4, 0.5) is 0 Å². The van der Waals surface area contributed by atoms with Crippen molar-refractivity contribution >= 4 is 5.91 Å². The lowest BCUT2D eigenvalue weighted by molar-refractivity contribution is -0.122. The summed E-state index contributed by atoms with van der Waals surface area (Å²) in [6.07, 6.45) is 2.15. The molecular formula is C10H14N4O. The number of hydrogen-bond donors (Lipinski definition) is 1. The van der Waals surface area contributed by atoms with E-state index >= 15 is 0 Å². The van der Waals surface area contributed by atoms with Crippen molar-refractivity contribution in [1.29, 1.82) is 10.5 Å². The van der Waals surface area contributed by atoms with E-state index in [1.54, 1.807) is 0 Å². The summed E-state index contributed by atoms with van der Waals surface area (Å²) >= 11 is 0. The highest BCUT2D eigenvalue weighted by Gasteiger charge is 2.25. The van der Waals surface area contributed by atoms with E-state index in [1.807, 2.05) is 11.0 Å². The van der Waals surface area contributed by atoms with Crippen LogP contribution in [0.2, 0.25) is 0 Å². The third-order valence-electron chi connectivity index (χ3n) is 2.42. The molecule has 0 saturated carbocycles. The zero-order chi connectivity index (χ0) is 11.1. The predicted octanol–water partition coefficient (Wildman–Crippen LogP) is 0.00426. The van der Waals surface area contributed by atoms with Crippen molar-refractivity contribution in [2.75, 3.05) is 19.6 Å². The predicted molar refractivity (Wildman–Crippen MR) is 53.4 cm³/mol. The minimum absolute atomic E-state index is 0.104. The van der Waals surface area contributed by atoms with E-state index < -0.39 is 0 Å². The van der Waals surface area contributed by atoms with Crippen LogP contribution in [0.1, 0.15) is 19.3 Å². The van der Waals surface area contributed by atoms with E-state index in [1.165, 1.54) is 0 Å². The SMILES string of the molecule is N#CCCNC(=O)CN1CCCC1C#N. The molecule has 80 valence electrons. The first-order valence-electron chi connectivity index (χ1n) is 5.05. The van der Waals surface area contributed by atoms with Crippen LogP contribution in [-0.2, 0) is 4.79 Å². The number of rotatable bonds is 4. The van der Waals surface area contributed by atoms with E-state index in [0.29, 0.717) is 13.0 Å². The molecule has 1 aliphatic heterocycles. The Morgan fingerprint density at radius 1 is 1.53 bits per heavy atom. The highest BCUT2D eigenvalue weighted by atomic mass is 16.2. The fourth-order valence-corrected chi connectivity index (χ4v) is 1.66. The molecule has 1 amide bonds. The Kier molecular flexibility index (Phi) is 4.59. The molecule has 15 heavy (non-hydrogen) atoms. The topological polar surface area (TPSA) is 79.9 Å². The first-order valence-corrected chi connectivity index (χ1v) is 5.05. The Bertz CT molecular complexity index is 302. The van der Waals surface area contributed by atoms with Crippen LogP contribution in [0.15, 0.2) is 0 Å². The Hall–Kier alpha value is -1.59. The molecule has 0 spiro atoms. The maximum atomic E-state index is 11.4. The molecule has 0 radical (unpaired) electrons. The number of nitrogens with one attached hydrogen (secondary N) is 1. The number of nitriles is 2. The second-order valence-corrected chi connectivity index (χ2v) is 3.52. The van der Waals surface area contributed by atoms with Crippen molar-refractivity contribution in [3.05, 3.63) is 0 Å². The van der Waals surface area contributed by atoms with Crippen LogP contribution in [0.25, 0.3) is 0 Å². The summed E-state index contributed by atoms with van der Waals surface area (Å²) in [5.41, 5.74) is 0. The van der Waals surface area contributed by atoms with Crippen molar-refractivity contribution in [1.82, 2.24) is 10.2 Å². The van der Waals surface area contributed by atoms with Crippen molar-refractivity contribution in [3.8, 4) is 12.1 Å². The van der Waals surface area contributed by atoms with E-state index in [9.17, 15) is 4.79 Å². The maximum Gasteiger partial charge on any atom is 0.234 e. The van der Waals surface area contributed by atoms with E-state index in [-0.39, 0.29) is 18.5 Å². The second kappa shape index (κ2) is 6.00. The van der Waals surface area contributed by atoms with Gasteiger partial charge in [0.1, 0.15) is 0 Å². The van der Waals surface area contributed by atoms with Crippen LogP contribution in [0, 0.1) is 22.7 Å². The number of amides is 1. The number of nitrogens with zero attached hydrogens (tertiary/aromatic N) is 3. The van der Waals surface area contributed by atoms with Crippen LogP contribution in [0.5, 0.6) is 0 Å². The van der Waals surface area contributed by atoms with Gasteiger partial charge in [-0.1, -0.05) is 0 Å². The molecule has 1 unspecified atom stereocenters. The molecule has 1 N–H and O–H groups in total. The Morgan fingerprint density at radius 3 is 3.00 bits per heavy atom. The summed E-state index contributed by atoms with van der Waals surface area (Å²) < 4.78 is 0. The number of hydrogen-bond acceptors (Lipinski definition) is 4. The molecule has 1 fully saturated rings. The lowest BCUT2D eigenvalue weighted by atomic mass is 10.2. The minimum Gasteiger partial charge on any atom is -0.354 e. The van der Waals surface area contributed by atoms with E-state index in [0.717, 1.165) is 19.4 Å². The first-order chi connectivity index (χ1) is 7.27. The molecule has 0 aromatic heterocycles.